The maximum atomic E-state index is 11.2. The Morgan fingerprint density at radius 3 is 1.78 bits per heavy atom. The van der Waals surface area contributed by atoms with Gasteiger partial charge in [0.2, 0.25) is 0 Å². The standard InChI is InChI=1S/C13H26O9Si/c1-6-16-20-23(21-17-7-2,22-18-8-3)19-11-9-10-15-13(14)12(4)5/h4,6-11H2,1-3,5H3. The molecule has 0 unspecified atom stereocenters. The van der Waals surface area contributed by atoms with E-state index in [1.807, 2.05) is 0 Å². The number of rotatable bonds is 15. The Kier molecular flexibility index (Phi) is 13.1. The van der Waals surface area contributed by atoms with Gasteiger partial charge >= 0.3 is 15.0 Å². The van der Waals surface area contributed by atoms with Gasteiger partial charge in [-0.25, -0.2) is 19.5 Å². The molecule has 0 bridgehead atoms. The van der Waals surface area contributed by atoms with Crippen molar-refractivity contribution in [3.05, 3.63) is 12.2 Å². The fourth-order valence-electron chi connectivity index (χ4n) is 1.05. The van der Waals surface area contributed by atoms with Crippen molar-refractivity contribution in [3.63, 3.8) is 0 Å². The van der Waals surface area contributed by atoms with Crippen molar-refractivity contribution in [3.8, 4) is 0 Å². The molecular formula is C13H26O9Si. The van der Waals surface area contributed by atoms with Gasteiger partial charge in [0.25, 0.3) is 0 Å². The van der Waals surface area contributed by atoms with Gasteiger partial charge in [-0.05, 0) is 27.7 Å². The second-order valence-electron chi connectivity index (χ2n) is 4.09. The quantitative estimate of drug-likeness (QED) is 0.109. The van der Waals surface area contributed by atoms with Gasteiger partial charge in [0.1, 0.15) is 0 Å². The summed E-state index contributed by atoms with van der Waals surface area (Å²) in [6.07, 6.45) is 0.383. The minimum Gasteiger partial charge on any atom is -0.462 e. The molecule has 0 rings (SSSR count). The summed E-state index contributed by atoms with van der Waals surface area (Å²) in [6.45, 7) is 11.2. The molecule has 0 spiro atoms. The third-order valence-corrected chi connectivity index (χ3v) is 3.51. The Morgan fingerprint density at radius 2 is 1.39 bits per heavy atom. The highest BCUT2D eigenvalue weighted by molar-refractivity contribution is 6.52. The summed E-state index contributed by atoms with van der Waals surface area (Å²) >= 11 is 0. The molecule has 136 valence electrons. The maximum Gasteiger partial charge on any atom is 0.764 e. The van der Waals surface area contributed by atoms with Gasteiger partial charge in [-0.2, -0.15) is 13.7 Å². The molecule has 0 aliphatic heterocycles. The maximum absolute atomic E-state index is 11.2. The van der Waals surface area contributed by atoms with E-state index >= 15 is 0 Å². The van der Waals surface area contributed by atoms with E-state index in [1.54, 1.807) is 27.7 Å². The van der Waals surface area contributed by atoms with Gasteiger partial charge in [-0.1, -0.05) is 6.58 Å². The number of hydrogen-bond acceptors (Lipinski definition) is 9. The van der Waals surface area contributed by atoms with Crippen molar-refractivity contribution in [2.75, 3.05) is 33.0 Å². The normalized spacial score (nSPS) is 11.5. The highest BCUT2D eigenvalue weighted by atomic mass is 28.4. The first-order chi connectivity index (χ1) is 11.0. The Bertz CT molecular complexity index is 316. The Labute approximate surface area is 137 Å². The van der Waals surface area contributed by atoms with Crippen LogP contribution in [-0.4, -0.2) is 48.1 Å². The third kappa shape index (κ3) is 10.5. The second-order valence-corrected chi connectivity index (χ2v) is 5.88. The first-order valence-corrected chi connectivity index (χ1v) is 9.03. The van der Waals surface area contributed by atoms with Gasteiger partial charge in [0.05, 0.1) is 26.4 Å². The van der Waals surface area contributed by atoms with Crippen molar-refractivity contribution >= 4 is 15.0 Å². The lowest BCUT2D eigenvalue weighted by atomic mass is 10.4. The summed E-state index contributed by atoms with van der Waals surface area (Å²) in [4.78, 5) is 25.8. The highest BCUT2D eigenvalue weighted by Crippen LogP contribution is 2.14. The van der Waals surface area contributed by atoms with Crippen LogP contribution in [0.25, 0.3) is 0 Å². The lowest BCUT2D eigenvalue weighted by Gasteiger charge is -2.23. The van der Waals surface area contributed by atoms with Crippen LogP contribution in [-0.2, 0) is 42.4 Å². The second kappa shape index (κ2) is 13.6. The first kappa shape index (κ1) is 22.1. The molecule has 0 radical (unpaired) electrons. The van der Waals surface area contributed by atoms with Crippen LogP contribution in [0, 0.1) is 0 Å². The van der Waals surface area contributed by atoms with E-state index in [9.17, 15) is 4.79 Å². The lowest BCUT2D eigenvalue weighted by Crippen LogP contribution is -2.49. The Balaban J connectivity index is 4.40. The van der Waals surface area contributed by atoms with Crippen molar-refractivity contribution in [2.24, 2.45) is 0 Å². The Hall–Kier alpha value is -0.853. The molecule has 0 aromatic rings. The highest BCUT2D eigenvalue weighted by Gasteiger charge is 2.52. The van der Waals surface area contributed by atoms with Crippen LogP contribution in [0.3, 0.4) is 0 Å². The fraction of sp³-hybridized carbons (Fsp3) is 0.769. The Morgan fingerprint density at radius 1 is 0.913 bits per heavy atom. The van der Waals surface area contributed by atoms with Crippen LogP contribution >= 0.6 is 0 Å². The molecule has 0 aliphatic rings. The number of esters is 1. The topological polar surface area (TPSA) is 90.9 Å². The number of ether oxygens (including phenoxy) is 1. The van der Waals surface area contributed by atoms with Gasteiger partial charge in [-0.15, -0.1) is 0 Å². The van der Waals surface area contributed by atoms with Crippen LogP contribution in [0.1, 0.15) is 34.1 Å². The zero-order chi connectivity index (χ0) is 17.6. The van der Waals surface area contributed by atoms with Crippen LogP contribution in [0.2, 0.25) is 0 Å². The summed E-state index contributed by atoms with van der Waals surface area (Å²) < 4.78 is 25.6. The molecular weight excluding hydrogens is 328 g/mol. The van der Waals surface area contributed by atoms with Gasteiger partial charge < -0.3 is 9.16 Å². The summed E-state index contributed by atoms with van der Waals surface area (Å²) in [7, 11) is -3.78. The molecule has 0 fully saturated rings. The summed E-state index contributed by atoms with van der Waals surface area (Å²) in [5.74, 6) is -0.463. The van der Waals surface area contributed by atoms with Crippen LogP contribution in [0.5, 0.6) is 0 Å². The van der Waals surface area contributed by atoms with Gasteiger partial charge in [-0.3, -0.25) is 0 Å². The monoisotopic (exact) mass is 354 g/mol. The predicted octanol–water partition coefficient (Wildman–Crippen LogP) is 1.85. The first-order valence-electron chi connectivity index (χ1n) is 7.39. The average molecular weight is 354 g/mol. The van der Waals surface area contributed by atoms with Gasteiger partial charge in [0, 0.05) is 18.6 Å². The van der Waals surface area contributed by atoms with Crippen LogP contribution in [0.15, 0.2) is 12.2 Å². The van der Waals surface area contributed by atoms with Crippen LogP contribution < -0.4 is 0 Å². The molecule has 0 heterocycles. The summed E-state index contributed by atoms with van der Waals surface area (Å²) in [6, 6.07) is 0. The lowest BCUT2D eigenvalue weighted by molar-refractivity contribution is -0.385. The molecule has 0 N–H and O–H groups in total. The smallest absolute Gasteiger partial charge is 0.462 e. The summed E-state index contributed by atoms with van der Waals surface area (Å²) in [5, 5.41) is 0. The van der Waals surface area contributed by atoms with E-state index in [-0.39, 0.29) is 33.0 Å². The van der Waals surface area contributed by atoms with E-state index in [0.29, 0.717) is 12.0 Å². The number of carbonyl (C=O) groups is 1. The average Bonchev–Trinajstić information content (AvgIpc) is 2.55. The van der Waals surface area contributed by atoms with E-state index in [1.165, 1.54) is 0 Å². The molecule has 0 aromatic carbocycles. The van der Waals surface area contributed by atoms with Crippen molar-refractivity contribution in [1.82, 2.24) is 0 Å². The zero-order valence-corrected chi connectivity index (χ0v) is 15.1. The molecule has 0 aromatic heterocycles. The van der Waals surface area contributed by atoms with Crippen LogP contribution in [0.4, 0.5) is 0 Å². The largest absolute Gasteiger partial charge is 0.764 e. The minimum atomic E-state index is -3.78. The van der Waals surface area contributed by atoms with Crippen molar-refractivity contribution in [2.45, 2.75) is 34.1 Å². The molecule has 9 nitrogen and oxygen atoms in total. The van der Waals surface area contributed by atoms with E-state index in [2.05, 4.69) is 6.58 Å². The predicted molar refractivity (Wildman–Crippen MR) is 80.2 cm³/mol. The molecule has 0 saturated carbocycles. The number of hydrogen-bond donors (Lipinski definition) is 0. The number of carbonyl (C=O) groups excluding carboxylic acids is 1. The van der Waals surface area contributed by atoms with Gasteiger partial charge in [0.15, 0.2) is 0 Å². The SMILES string of the molecule is C=C(C)C(=O)OCCCO[Si](OOCC)(OOCC)OOCC. The van der Waals surface area contributed by atoms with Crippen molar-refractivity contribution in [1.29, 1.82) is 0 Å². The van der Waals surface area contributed by atoms with Crippen molar-refractivity contribution < 1.29 is 42.4 Å². The zero-order valence-electron chi connectivity index (χ0n) is 14.1. The molecule has 0 aliphatic carbocycles. The molecule has 0 saturated heterocycles. The molecule has 10 heteroatoms. The van der Waals surface area contributed by atoms with E-state index in [0.717, 1.165) is 0 Å². The van der Waals surface area contributed by atoms with E-state index in [4.69, 9.17) is 37.6 Å². The third-order valence-electron chi connectivity index (χ3n) is 1.99. The fourth-order valence-corrected chi connectivity index (χ4v) is 2.46. The molecule has 23 heavy (non-hydrogen) atoms. The molecule has 0 amide bonds. The molecule has 0 atom stereocenters. The summed E-state index contributed by atoms with van der Waals surface area (Å²) in [5.41, 5.74) is 0.327. The minimum absolute atomic E-state index is 0.114. The van der Waals surface area contributed by atoms with E-state index < -0.39 is 15.0 Å².